The highest BCUT2D eigenvalue weighted by Crippen LogP contribution is 2.14. The average Bonchev–Trinajstić information content (AvgIpc) is 1.93. The Balaban J connectivity index is 2.59. The zero-order chi connectivity index (χ0) is 6.69. The van der Waals surface area contributed by atoms with Crippen LogP contribution in [0.15, 0.2) is 11.0 Å². The van der Waals surface area contributed by atoms with Gasteiger partial charge < -0.3 is 5.32 Å². The van der Waals surface area contributed by atoms with Crippen molar-refractivity contribution in [2.75, 3.05) is 12.3 Å². The summed E-state index contributed by atoms with van der Waals surface area (Å²) in [5.74, 6) is 1.03. The van der Waals surface area contributed by atoms with E-state index >= 15 is 0 Å². The Morgan fingerprint density at radius 2 is 2.56 bits per heavy atom. The maximum Gasteiger partial charge on any atom is 0.244 e. The van der Waals surface area contributed by atoms with Gasteiger partial charge in [-0.15, -0.1) is 11.8 Å². The molecular formula is C6H9NOS. The Kier molecular flexibility index (Phi) is 2.16. The lowest BCUT2D eigenvalue weighted by molar-refractivity contribution is -0.116. The molecule has 0 aromatic heterocycles. The summed E-state index contributed by atoms with van der Waals surface area (Å²) < 4.78 is 0. The molecule has 0 bridgehead atoms. The van der Waals surface area contributed by atoms with Crippen molar-refractivity contribution >= 4 is 17.7 Å². The molecule has 1 rings (SSSR count). The molecular weight excluding hydrogens is 134 g/mol. The average molecular weight is 143 g/mol. The predicted molar refractivity (Wildman–Crippen MR) is 39.2 cm³/mol. The number of hydrogen-bond acceptors (Lipinski definition) is 2. The van der Waals surface area contributed by atoms with Crippen molar-refractivity contribution in [1.29, 1.82) is 0 Å². The van der Waals surface area contributed by atoms with Gasteiger partial charge in [-0.1, -0.05) is 0 Å². The SMILES string of the molecule is CC1=CC(=O)NCCS1. The summed E-state index contributed by atoms with van der Waals surface area (Å²) in [6, 6.07) is 0. The van der Waals surface area contributed by atoms with Crippen molar-refractivity contribution in [2.45, 2.75) is 6.92 Å². The molecule has 1 aliphatic heterocycles. The zero-order valence-corrected chi connectivity index (χ0v) is 6.12. The van der Waals surface area contributed by atoms with Gasteiger partial charge in [0.25, 0.3) is 0 Å². The van der Waals surface area contributed by atoms with Crippen molar-refractivity contribution in [3.63, 3.8) is 0 Å². The molecule has 0 aliphatic carbocycles. The molecule has 0 unspecified atom stereocenters. The van der Waals surface area contributed by atoms with E-state index in [2.05, 4.69) is 5.32 Å². The minimum Gasteiger partial charge on any atom is -0.352 e. The Hall–Kier alpha value is -0.440. The monoisotopic (exact) mass is 143 g/mol. The first-order valence-electron chi connectivity index (χ1n) is 2.88. The number of thioether (sulfide) groups is 1. The van der Waals surface area contributed by atoms with Gasteiger partial charge in [0.15, 0.2) is 0 Å². The number of allylic oxidation sites excluding steroid dienone is 1. The van der Waals surface area contributed by atoms with Crippen LogP contribution in [0.3, 0.4) is 0 Å². The highest BCUT2D eigenvalue weighted by molar-refractivity contribution is 8.03. The molecule has 0 atom stereocenters. The number of carbonyl (C=O) groups excluding carboxylic acids is 1. The topological polar surface area (TPSA) is 29.1 Å². The van der Waals surface area contributed by atoms with E-state index in [9.17, 15) is 4.79 Å². The molecule has 0 saturated heterocycles. The second kappa shape index (κ2) is 2.92. The molecule has 2 nitrogen and oxygen atoms in total. The molecule has 1 N–H and O–H groups in total. The van der Waals surface area contributed by atoms with Gasteiger partial charge in [0.2, 0.25) is 5.91 Å². The minimum absolute atomic E-state index is 0.0394. The predicted octanol–water partition coefficient (Wildman–Crippen LogP) is 0.753. The number of nitrogens with one attached hydrogen (secondary N) is 1. The maximum absolute atomic E-state index is 10.7. The largest absolute Gasteiger partial charge is 0.352 e. The molecule has 1 amide bonds. The third kappa shape index (κ3) is 2.10. The van der Waals surface area contributed by atoms with Crippen molar-refractivity contribution in [2.24, 2.45) is 0 Å². The molecule has 0 spiro atoms. The van der Waals surface area contributed by atoms with Gasteiger partial charge >= 0.3 is 0 Å². The van der Waals surface area contributed by atoms with Crippen LogP contribution in [-0.4, -0.2) is 18.2 Å². The van der Waals surface area contributed by atoms with Crippen LogP contribution >= 0.6 is 11.8 Å². The lowest BCUT2D eigenvalue weighted by Crippen LogP contribution is -2.21. The molecule has 0 radical (unpaired) electrons. The van der Waals surface area contributed by atoms with Crippen molar-refractivity contribution < 1.29 is 4.79 Å². The summed E-state index contributed by atoms with van der Waals surface area (Å²) in [5, 5.41) is 2.74. The molecule has 1 aliphatic rings. The Morgan fingerprint density at radius 1 is 1.78 bits per heavy atom. The molecule has 0 aromatic rings. The summed E-state index contributed by atoms with van der Waals surface area (Å²) in [5.41, 5.74) is 0. The van der Waals surface area contributed by atoms with Gasteiger partial charge in [-0.25, -0.2) is 0 Å². The Labute approximate surface area is 58.7 Å². The van der Waals surface area contributed by atoms with Gasteiger partial charge in [-0.2, -0.15) is 0 Å². The van der Waals surface area contributed by atoms with E-state index in [0.717, 1.165) is 17.2 Å². The second-order valence-electron chi connectivity index (χ2n) is 1.89. The van der Waals surface area contributed by atoms with Crippen LogP contribution in [-0.2, 0) is 4.79 Å². The fourth-order valence-corrected chi connectivity index (χ4v) is 1.38. The van der Waals surface area contributed by atoms with Gasteiger partial charge in [0.1, 0.15) is 0 Å². The summed E-state index contributed by atoms with van der Waals surface area (Å²) >= 11 is 1.72. The molecule has 50 valence electrons. The standard InChI is InChI=1S/C6H9NOS/c1-5-4-6(8)7-2-3-9-5/h4H,2-3H2,1H3,(H,7,8). The third-order valence-electron chi connectivity index (χ3n) is 1.07. The normalized spacial score (nSPS) is 20.1. The Bertz CT molecular complexity index is 153. The van der Waals surface area contributed by atoms with Crippen LogP contribution in [0, 0.1) is 0 Å². The Morgan fingerprint density at radius 3 is 3.33 bits per heavy atom. The summed E-state index contributed by atoms with van der Waals surface area (Å²) in [4.78, 5) is 11.8. The minimum atomic E-state index is 0.0394. The van der Waals surface area contributed by atoms with Gasteiger partial charge in [-0.05, 0) is 11.8 Å². The van der Waals surface area contributed by atoms with Crippen molar-refractivity contribution in [3.05, 3.63) is 11.0 Å². The van der Waals surface area contributed by atoms with E-state index in [1.165, 1.54) is 0 Å². The van der Waals surface area contributed by atoms with E-state index in [1.807, 2.05) is 6.92 Å². The van der Waals surface area contributed by atoms with Crippen LogP contribution in [0.25, 0.3) is 0 Å². The lowest BCUT2D eigenvalue weighted by Gasteiger charge is -1.93. The quantitative estimate of drug-likeness (QED) is 0.542. The second-order valence-corrected chi connectivity index (χ2v) is 3.24. The summed E-state index contributed by atoms with van der Waals surface area (Å²) in [6.45, 7) is 2.74. The highest BCUT2D eigenvalue weighted by Gasteiger charge is 2.02. The number of rotatable bonds is 0. The van der Waals surface area contributed by atoms with E-state index in [4.69, 9.17) is 0 Å². The van der Waals surface area contributed by atoms with Crippen LogP contribution in [0.4, 0.5) is 0 Å². The molecule has 9 heavy (non-hydrogen) atoms. The van der Waals surface area contributed by atoms with Crippen LogP contribution in [0.1, 0.15) is 6.92 Å². The first-order chi connectivity index (χ1) is 4.29. The number of hydrogen-bond donors (Lipinski definition) is 1. The third-order valence-corrected chi connectivity index (χ3v) is 2.05. The van der Waals surface area contributed by atoms with Crippen molar-refractivity contribution in [1.82, 2.24) is 5.32 Å². The van der Waals surface area contributed by atoms with Gasteiger partial charge in [0.05, 0.1) is 0 Å². The van der Waals surface area contributed by atoms with Gasteiger partial charge in [-0.3, -0.25) is 4.79 Å². The number of amides is 1. The van der Waals surface area contributed by atoms with Crippen LogP contribution in [0.2, 0.25) is 0 Å². The van der Waals surface area contributed by atoms with Gasteiger partial charge in [0, 0.05) is 18.4 Å². The zero-order valence-electron chi connectivity index (χ0n) is 5.31. The molecule has 0 saturated carbocycles. The number of carbonyl (C=O) groups is 1. The molecule has 0 aromatic carbocycles. The smallest absolute Gasteiger partial charge is 0.244 e. The fourth-order valence-electron chi connectivity index (χ4n) is 0.664. The maximum atomic E-state index is 10.7. The van der Waals surface area contributed by atoms with Crippen LogP contribution < -0.4 is 5.32 Å². The fraction of sp³-hybridized carbons (Fsp3) is 0.500. The first kappa shape index (κ1) is 6.68. The van der Waals surface area contributed by atoms with Crippen molar-refractivity contribution in [3.8, 4) is 0 Å². The van der Waals surface area contributed by atoms with E-state index in [-0.39, 0.29) is 5.91 Å². The van der Waals surface area contributed by atoms with E-state index in [0.29, 0.717) is 0 Å². The molecule has 1 heterocycles. The van der Waals surface area contributed by atoms with E-state index < -0.39 is 0 Å². The molecule has 3 heteroatoms. The summed E-state index contributed by atoms with van der Waals surface area (Å²) in [6.07, 6.45) is 1.64. The summed E-state index contributed by atoms with van der Waals surface area (Å²) in [7, 11) is 0. The first-order valence-corrected chi connectivity index (χ1v) is 3.86. The van der Waals surface area contributed by atoms with E-state index in [1.54, 1.807) is 17.8 Å². The molecule has 0 fully saturated rings. The lowest BCUT2D eigenvalue weighted by atomic mass is 10.5. The van der Waals surface area contributed by atoms with Crippen LogP contribution in [0.5, 0.6) is 0 Å². The highest BCUT2D eigenvalue weighted by atomic mass is 32.2.